The van der Waals surface area contributed by atoms with E-state index < -0.39 is 11.9 Å². The monoisotopic (exact) mass is 209 g/mol. The van der Waals surface area contributed by atoms with E-state index in [0.29, 0.717) is 0 Å². The largest absolute Gasteiger partial charge is 0.480 e. The number of halogens is 1. The minimum atomic E-state index is -0.980. The van der Waals surface area contributed by atoms with Gasteiger partial charge in [-0.1, -0.05) is 0 Å². The van der Waals surface area contributed by atoms with Crippen molar-refractivity contribution >= 4 is 23.5 Å². The molecule has 0 amide bonds. The third kappa shape index (κ3) is 6.36. The quantitative estimate of drug-likeness (QED) is 0.563. The van der Waals surface area contributed by atoms with Gasteiger partial charge in [0.2, 0.25) is 0 Å². The summed E-state index contributed by atoms with van der Waals surface area (Å²) in [6.45, 7) is 0.858. The predicted octanol–water partition coefficient (Wildman–Crippen LogP) is 0.133. The molecule has 1 aliphatic heterocycles. The number of hydrogen-bond acceptors (Lipinski definition) is 3. The summed E-state index contributed by atoms with van der Waals surface area (Å²) in [5.41, 5.74) is 0. The Morgan fingerprint density at radius 2 is 2.00 bits per heavy atom. The van der Waals surface area contributed by atoms with Gasteiger partial charge in [-0.15, -0.1) is 11.6 Å². The molecule has 1 rings (SSSR count). The van der Waals surface area contributed by atoms with E-state index >= 15 is 0 Å². The van der Waals surface area contributed by atoms with Crippen LogP contribution in [0, 0.1) is 0 Å². The molecule has 1 aliphatic rings. The molecular weight excluding hydrogens is 198 g/mol. The van der Waals surface area contributed by atoms with E-state index in [9.17, 15) is 9.59 Å². The highest BCUT2D eigenvalue weighted by molar-refractivity contribution is 6.26. The highest BCUT2D eigenvalue weighted by atomic mass is 35.5. The summed E-state index contributed by atoms with van der Waals surface area (Å²) in [6.07, 6.45) is 1.78. The molecular formula is C7H12ClNO4. The Labute approximate surface area is 80.7 Å². The maximum absolute atomic E-state index is 10.1. The molecule has 5 nitrogen and oxygen atoms in total. The van der Waals surface area contributed by atoms with Gasteiger partial charge >= 0.3 is 11.9 Å². The van der Waals surface area contributed by atoms with Gasteiger partial charge in [0.25, 0.3) is 0 Å². The number of aliphatic carboxylic acids is 2. The summed E-state index contributed by atoms with van der Waals surface area (Å²) in [5, 5.41) is 18.8. The van der Waals surface area contributed by atoms with E-state index in [1.807, 2.05) is 0 Å². The average molecular weight is 210 g/mol. The van der Waals surface area contributed by atoms with E-state index in [1.54, 1.807) is 0 Å². The Morgan fingerprint density at radius 1 is 1.46 bits per heavy atom. The Morgan fingerprint density at radius 3 is 2.15 bits per heavy atom. The van der Waals surface area contributed by atoms with Gasteiger partial charge in [0.1, 0.15) is 11.9 Å². The van der Waals surface area contributed by atoms with Crippen molar-refractivity contribution in [3.63, 3.8) is 0 Å². The minimum Gasteiger partial charge on any atom is -0.480 e. The Hall–Kier alpha value is -0.810. The lowest BCUT2D eigenvalue weighted by Crippen LogP contribution is -2.29. The van der Waals surface area contributed by atoms with Gasteiger partial charge in [-0.2, -0.15) is 0 Å². The fraction of sp³-hybridized carbons (Fsp3) is 0.714. The number of rotatable bonds is 2. The van der Waals surface area contributed by atoms with Gasteiger partial charge in [-0.05, 0) is 19.4 Å². The van der Waals surface area contributed by atoms with Crippen molar-refractivity contribution in [2.75, 3.05) is 12.4 Å². The molecule has 3 N–H and O–H groups in total. The molecule has 0 radical (unpaired) electrons. The highest BCUT2D eigenvalue weighted by Crippen LogP contribution is 2.03. The average Bonchev–Trinajstić information content (AvgIpc) is 2.57. The summed E-state index contributed by atoms with van der Waals surface area (Å²) in [4.78, 5) is 19.4. The second-order valence-electron chi connectivity index (χ2n) is 2.51. The van der Waals surface area contributed by atoms with E-state index in [4.69, 9.17) is 21.8 Å². The van der Waals surface area contributed by atoms with Crippen LogP contribution in [0.4, 0.5) is 0 Å². The van der Waals surface area contributed by atoms with Crippen molar-refractivity contribution in [2.45, 2.75) is 18.9 Å². The molecule has 6 heteroatoms. The number of alkyl halides is 1. The Balaban J connectivity index is 0.000000252. The summed E-state index contributed by atoms with van der Waals surface area (Å²) in [7, 11) is 0. The molecule has 1 fully saturated rings. The number of carboxylic acids is 2. The van der Waals surface area contributed by atoms with E-state index in [1.165, 1.54) is 0 Å². The molecule has 0 bridgehead atoms. The number of carbonyl (C=O) groups is 2. The fourth-order valence-corrected chi connectivity index (χ4v) is 0.895. The van der Waals surface area contributed by atoms with Crippen LogP contribution < -0.4 is 5.32 Å². The third-order valence-electron chi connectivity index (χ3n) is 1.47. The lowest BCUT2D eigenvalue weighted by Gasteiger charge is -1.99. The molecule has 0 aromatic rings. The van der Waals surface area contributed by atoms with Gasteiger partial charge in [0.15, 0.2) is 0 Å². The van der Waals surface area contributed by atoms with E-state index in [0.717, 1.165) is 19.4 Å². The molecule has 0 aromatic carbocycles. The topological polar surface area (TPSA) is 86.6 Å². The molecule has 1 heterocycles. The first-order valence-electron chi connectivity index (χ1n) is 3.82. The minimum absolute atomic E-state index is 0.269. The number of hydrogen-bond donors (Lipinski definition) is 3. The molecule has 0 unspecified atom stereocenters. The van der Waals surface area contributed by atoms with Crippen LogP contribution in [-0.4, -0.2) is 40.6 Å². The summed E-state index contributed by atoms with van der Waals surface area (Å²) < 4.78 is 0. The Kier molecular flexibility index (Phi) is 6.26. The third-order valence-corrected chi connectivity index (χ3v) is 1.70. The normalized spacial score (nSPS) is 20.2. The molecule has 1 atom stereocenters. The number of carboxylic acid groups (broad SMARTS) is 2. The smallest absolute Gasteiger partial charge is 0.320 e. The first-order valence-corrected chi connectivity index (χ1v) is 4.35. The molecule has 76 valence electrons. The van der Waals surface area contributed by atoms with Crippen LogP contribution in [0.3, 0.4) is 0 Å². The van der Waals surface area contributed by atoms with Crippen LogP contribution in [0.5, 0.6) is 0 Å². The predicted molar refractivity (Wildman–Crippen MR) is 47.0 cm³/mol. The number of nitrogens with one attached hydrogen (secondary N) is 1. The van der Waals surface area contributed by atoms with Crippen molar-refractivity contribution in [3.8, 4) is 0 Å². The fourth-order valence-electron chi connectivity index (χ4n) is 0.895. The zero-order chi connectivity index (χ0) is 10.3. The van der Waals surface area contributed by atoms with Gasteiger partial charge < -0.3 is 15.5 Å². The Bertz CT molecular complexity index is 179. The summed E-state index contributed by atoms with van der Waals surface area (Å²) >= 11 is 4.74. The van der Waals surface area contributed by atoms with Crippen LogP contribution in [0.25, 0.3) is 0 Å². The second-order valence-corrected chi connectivity index (χ2v) is 2.78. The van der Waals surface area contributed by atoms with Crippen molar-refractivity contribution in [1.82, 2.24) is 5.32 Å². The lowest BCUT2D eigenvalue weighted by molar-refractivity contribution is -0.139. The summed E-state index contributed by atoms with van der Waals surface area (Å²) in [5.74, 6) is -2.01. The first-order chi connectivity index (χ1) is 6.07. The van der Waals surface area contributed by atoms with Crippen LogP contribution in [-0.2, 0) is 9.59 Å². The molecule has 0 saturated carbocycles. The van der Waals surface area contributed by atoms with Crippen LogP contribution in [0.15, 0.2) is 0 Å². The lowest BCUT2D eigenvalue weighted by atomic mass is 10.2. The van der Waals surface area contributed by atoms with Gasteiger partial charge in [-0.25, -0.2) is 0 Å². The highest BCUT2D eigenvalue weighted by Gasteiger charge is 2.20. The summed E-state index contributed by atoms with van der Waals surface area (Å²) in [6, 6.07) is -0.269. The second kappa shape index (κ2) is 6.68. The zero-order valence-electron chi connectivity index (χ0n) is 6.99. The van der Waals surface area contributed by atoms with Gasteiger partial charge in [0, 0.05) is 0 Å². The van der Waals surface area contributed by atoms with Crippen LogP contribution in [0.2, 0.25) is 0 Å². The maximum atomic E-state index is 10.1. The van der Waals surface area contributed by atoms with E-state index in [2.05, 4.69) is 5.32 Å². The molecule has 0 spiro atoms. The first kappa shape index (κ1) is 12.2. The van der Waals surface area contributed by atoms with Crippen molar-refractivity contribution in [1.29, 1.82) is 0 Å². The molecule has 13 heavy (non-hydrogen) atoms. The van der Waals surface area contributed by atoms with Crippen molar-refractivity contribution in [2.24, 2.45) is 0 Å². The van der Waals surface area contributed by atoms with E-state index in [-0.39, 0.29) is 11.9 Å². The van der Waals surface area contributed by atoms with Gasteiger partial charge in [-0.3, -0.25) is 9.59 Å². The van der Waals surface area contributed by atoms with Crippen molar-refractivity contribution in [3.05, 3.63) is 0 Å². The van der Waals surface area contributed by atoms with Crippen LogP contribution in [0.1, 0.15) is 12.8 Å². The molecule has 0 aliphatic carbocycles. The zero-order valence-corrected chi connectivity index (χ0v) is 7.75. The van der Waals surface area contributed by atoms with Crippen molar-refractivity contribution < 1.29 is 19.8 Å². The maximum Gasteiger partial charge on any atom is 0.320 e. The van der Waals surface area contributed by atoms with Crippen LogP contribution >= 0.6 is 11.6 Å². The molecule has 0 aromatic heterocycles. The molecule has 1 saturated heterocycles. The van der Waals surface area contributed by atoms with Gasteiger partial charge in [0.05, 0.1) is 0 Å². The standard InChI is InChI=1S/C5H9NO2.C2H3ClO2/c7-5(8)4-2-1-3-6-4;3-1-2(4)5/h4,6H,1-3H2,(H,7,8);1H2,(H,4,5)/t4-;/m0./s1. The SMILES string of the molecule is O=C(O)CCl.O=C(O)[C@@H]1CCCN1.